The lowest BCUT2D eigenvalue weighted by atomic mass is 9.92. The van der Waals surface area contributed by atoms with Gasteiger partial charge in [-0.1, -0.05) is 0 Å². The molecule has 0 unspecified atom stereocenters. The smallest absolute Gasteiger partial charge is 0.271 e. The summed E-state index contributed by atoms with van der Waals surface area (Å²) in [5, 5.41) is 15.2. The van der Waals surface area contributed by atoms with Crippen molar-refractivity contribution in [2.24, 2.45) is 18.9 Å². The highest BCUT2D eigenvalue weighted by atomic mass is 16.2. The van der Waals surface area contributed by atoms with E-state index in [4.69, 9.17) is 0 Å². The molecule has 0 bridgehead atoms. The monoisotopic (exact) mass is 342 g/mol. The number of aromatic amines is 1. The van der Waals surface area contributed by atoms with E-state index in [0.717, 1.165) is 73.5 Å². The van der Waals surface area contributed by atoms with Crippen LogP contribution >= 0.6 is 0 Å². The first-order valence-corrected chi connectivity index (χ1v) is 9.10. The van der Waals surface area contributed by atoms with Crippen LogP contribution in [0.5, 0.6) is 0 Å². The summed E-state index contributed by atoms with van der Waals surface area (Å²) in [5.74, 6) is 1.50. The number of nitrogens with one attached hydrogen (secondary N) is 2. The molecule has 134 valence electrons. The van der Waals surface area contributed by atoms with Gasteiger partial charge in [0.15, 0.2) is 0 Å². The summed E-state index contributed by atoms with van der Waals surface area (Å²) in [4.78, 5) is 14.9. The Kier molecular flexibility index (Phi) is 4.11. The lowest BCUT2D eigenvalue weighted by molar-refractivity contribution is 0.0752. The predicted octanol–water partition coefficient (Wildman–Crippen LogP) is 1.50. The number of carbonyl (C=O) groups is 1. The minimum Gasteiger partial charge on any atom is -0.337 e. The van der Waals surface area contributed by atoms with Gasteiger partial charge in [0.2, 0.25) is 0 Å². The molecule has 2 aromatic heterocycles. The fraction of sp³-hybridized carbons (Fsp3) is 0.611. The molecule has 2 aromatic rings. The molecule has 2 aliphatic rings. The zero-order valence-corrected chi connectivity index (χ0v) is 15.2. The molecule has 2 N–H and O–H groups in total. The van der Waals surface area contributed by atoms with E-state index >= 15 is 0 Å². The summed E-state index contributed by atoms with van der Waals surface area (Å²) in [5.41, 5.74) is 4.36. The molecule has 2 saturated heterocycles. The van der Waals surface area contributed by atoms with E-state index in [1.807, 2.05) is 36.5 Å². The van der Waals surface area contributed by atoms with Gasteiger partial charge in [0.1, 0.15) is 5.69 Å². The van der Waals surface area contributed by atoms with Gasteiger partial charge in [-0.05, 0) is 57.7 Å². The highest BCUT2D eigenvalue weighted by Crippen LogP contribution is 2.29. The number of aryl methyl sites for hydroxylation is 2. The first kappa shape index (κ1) is 16.3. The molecule has 0 radical (unpaired) electrons. The van der Waals surface area contributed by atoms with Crippen LogP contribution < -0.4 is 5.32 Å². The Morgan fingerprint density at radius 2 is 1.88 bits per heavy atom. The summed E-state index contributed by atoms with van der Waals surface area (Å²) in [7, 11) is 1.92. The first-order valence-electron chi connectivity index (χ1n) is 9.10. The maximum absolute atomic E-state index is 12.9. The zero-order valence-electron chi connectivity index (χ0n) is 15.2. The van der Waals surface area contributed by atoms with Crippen LogP contribution in [0.2, 0.25) is 0 Å². The second-order valence-corrected chi connectivity index (χ2v) is 7.38. The number of amides is 1. The Morgan fingerprint density at radius 3 is 2.48 bits per heavy atom. The largest absolute Gasteiger partial charge is 0.337 e. The standard InChI is InChI=1S/C18H26N6O/c1-11-17(12(2)23(3)22-11)15-8-16(21-20-15)18(25)24-6-4-13-9-19-10-14(13)5-7-24/h8,13-14,19H,4-7,9-10H2,1-3H3,(H,20,21)/t13-,14+. The fourth-order valence-electron chi connectivity index (χ4n) is 4.30. The van der Waals surface area contributed by atoms with Crippen LogP contribution in [-0.4, -0.2) is 57.0 Å². The van der Waals surface area contributed by atoms with E-state index in [2.05, 4.69) is 20.6 Å². The molecule has 0 aromatic carbocycles. The lowest BCUT2D eigenvalue weighted by Gasteiger charge is -2.19. The second kappa shape index (κ2) is 6.29. The number of hydrogen-bond acceptors (Lipinski definition) is 4. The minimum atomic E-state index is 0.0610. The summed E-state index contributed by atoms with van der Waals surface area (Å²) in [6.45, 7) is 7.86. The van der Waals surface area contributed by atoms with Gasteiger partial charge >= 0.3 is 0 Å². The van der Waals surface area contributed by atoms with E-state index in [9.17, 15) is 4.79 Å². The number of likely N-dealkylation sites (tertiary alicyclic amines) is 1. The van der Waals surface area contributed by atoms with Crippen LogP contribution in [0.15, 0.2) is 6.07 Å². The number of H-pyrrole nitrogens is 1. The number of hydrogen-bond donors (Lipinski definition) is 2. The summed E-state index contributed by atoms with van der Waals surface area (Å²) in [6.07, 6.45) is 2.18. The Balaban J connectivity index is 1.52. The molecule has 0 saturated carbocycles. The van der Waals surface area contributed by atoms with Gasteiger partial charge in [-0.15, -0.1) is 0 Å². The second-order valence-electron chi connectivity index (χ2n) is 7.38. The quantitative estimate of drug-likeness (QED) is 0.867. The average molecular weight is 342 g/mol. The van der Waals surface area contributed by atoms with Gasteiger partial charge in [0.25, 0.3) is 5.91 Å². The number of rotatable bonds is 2. The topological polar surface area (TPSA) is 78.8 Å². The molecule has 4 heterocycles. The first-order chi connectivity index (χ1) is 12.0. The molecule has 0 spiro atoms. The van der Waals surface area contributed by atoms with Crippen LogP contribution in [-0.2, 0) is 7.05 Å². The molecule has 2 fully saturated rings. The van der Waals surface area contributed by atoms with Crippen LogP contribution in [0.25, 0.3) is 11.3 Å². The third-order valence-electron chi connectivity index (χ3n) is 5.88. The number of aromatic nitrogens is 4. The molecule has 4 rings (SSSR count). The normalized spacial score (nSPS) is 23.6. The van der Waals surface area contributed by atoms with Gasteiger partial charge in [0.05, 0.1) is 11.4 Å². The van der Waals surface area contributed by atoms with Crippen LogP contribution in [0, 0.1) is 25.7 Å². The van der Waals surface area contributed by atoms with Crippen LogP contribution in [0.4, 0.5) is 0 Å². The van der Waals surface area contributed by atoms with Crippen molar-refractivity contribution in [2.45, 2.75) is 26.7 Å². The molecule has 2 atom stereocenters. The molecule has 7 heteroatoms. The molecule has 2 aliphatic heterocycles. The third kappa shape index (κ3) is 2.86. The number of carbonyl (C=O) groups excluding carboxylic acids is 1. The highest BCUT2D eigenvalue weighted by molar-refractivity contribution is 5.93. The third-order valence-corrected chi connectivity index (χ3v) is 5.88. The van der Waals surface area contributed by atoms with Crippen molar-refractivity contribution in [2.75, 3.05) is 26.2 Å². The van der Waals surface area contributed by atoms with Gasteiger partial charge in [-0.3, -0.25) is 14.6 Å². The Labute approximate surface area is 147 Å². The SMILES string of the molecule is Cc1nn(C)c(C)c1-c1cc(C(=O)N2CC[C@@H]3CNC[C@@H]3CC2)[nH]n1. The van der Waals surface area contributed by atoms with Crippen molar-refractivity contribution in [1.29, 1.82) is 0 Å². The Hall–Kier alpha value is -2.15. The van der Waals surface area contributed by atoms with Crippen LogP contribution in [0.3, 0.4) is 0 Å². The molecule has 25 heavy (non-hydrogen) atoms. The molecule has 7 nitrogen and oxygen atoms in total. The average Bonchev–Trinajstić information content (AvgIpc) is 3.26. The molecule has 0 aliphatic carbocycles. The summed E-state index contributed by atoms with van der Waals surface area (Å²) < 4.78 is 1.85. The van der Waals surface area contributed by atoms with Crippen molar-refractivity contribution in [3.8, 4) is 11.3 Å². The fourth-order valence-corrected chi connectivity index (χ4v) is 4.30. The van der Waals surface area contributed by atoms with Crippen molar-refractivity contribution >= 4 is 5.91 Å². The Morgan fingerprint density at radius 1 is 1.20 bits per heavy atom. The van der Waals surface area contributed by atoms with E-state index in [1.54, 1.807) is 0 Å². The van der Waals surface area contributed by atoms with Crippen molar-refractivity contribution < 1.29 is 4.79 Å². The minimum absolute atomic E-state index is 0.0610. The molecule has 1 amide bonds. The lowest BCUT2D eigenvalue weighted by Crippen LogP contribution is -2.33. The van der Waals surface area contributed by atoms with Gasteiger partial charge in [-0.25, -0.2) is 0 Å². The van der Waals surface area contributed by atoms with Gasteiger partial charge in [0, 0.05) is 31.4 Å². The Bertz CT molecular complexity index is 778. The number of nitrogens with zero attached hydrogens (tertiary/aromatic N) is 4. The maximum atomic E-state index is 12.9. The van der Waals surface area contributed by atoms with E-state index in [0.29, 0.717) is 5.69 Å². The summed E-state index contributed by atoms with van der Waals surface area (Å²) in [6, 6.07) is 1.87. The van der Waals surface area contributed by atoms with E-state index < -0.39 is 0 Å². The van der Waals surface area contributed by atoms with Crippen molar-refractivity contribution in [3.63, 3.8) is 0 Å². The van der Waals surface area contributed by atoms with Gasteiger partial charge < -0.3 is 10.2 Å². The maximum Gasteiger partial charge on any atom is 0.271 e. The highest BCUT2D eigenvalue weighted by Gasteiger charge is 2.32. The zero-order chi connectivity index (χ0) is 17.6. The van der Waals surface area contributed by atoms with Gasteiger partial charge in [-0.2, -0.15) is 10.2 Å². The van der Waals surface area contributed by atoms with E-state index in [1.165, 1.54) is 0 Å². The van der Waals surface area contributed by atoms with Crippen molar-refractivity contribution in [3.05, 3.63) is 23.1 Å². The van der Waals surface area contributed by atoms with Crippen LogP contribution in [0.1, 0.15) is 34.7 Å². The van der Waals surface area contributed by atoms with E-state index in [-0.39, 0.29) is 5.91 Å². The number of fused-ring (bicyclic) bond motifs is 1. The predicted molar refractivity (Wildman–Crippen MR) is 95.3 cm³/mol. The molecular weight excluding hydrogens is 316 g/mol. The van der Waals surface area contributed by atoms with Crippen molar-refractivity contribution in [1.82, 2.24) is 30.2 Å². The summed E-state index contributed by atoms with van der Waals surface area (Å²) >= 11 is 0. The molecular formula is C18H26N6O.